The highest BCUT2D eigenvalue weighted by Gasteiger charge is 2.16. The lowest BCUT2D eigenvalue weighted by Gasteiger charge is -2.20. The largest absolute Gasteiger partial charge is 0.373 e. The zero-order chi connectivity index (χ0) is 18.4. The Labute approximate surface area is 155 Å². The predicted octanol–water partition coefficient (Wildman–Crippen LogP) is 4.78. The van der Waals surface area contributed by atoms with Crippen molar-refractivity contribution in [3.63, 3.8) is 0 Å². The molecule has 3 aromatic carbocycles. The number of carbonyl (C=O) groups excluding carboxylic acids is 1. The Balaban J connectivity index is 1.55. The molecule has 3 nitrogen and oxygen atoms in total. The van der Waals surface area contributed by atoms with E-state index in [2.05, 4.69) is 60.0 Å². The zero-order valence-electron chi connectivity index (χ0n) is 15.4. The fourth-order valence-electron chi connectivity index (χ4n) is 3.12. The van der Waals surface area contributed by atoms with Crippen LogP contribution in [-0.2, 0) is 11.2 Å². The van der Waals surface area contributed by atoms with Crippen LogP contribution in [0, 0.1) is 0 Å². The van der Waals surface area contributed by atoms with E-state index >= 15 is 0 Å². The maximum Gasteiger partial charge on any atom is 0.242 e. The fraction of sp³-hybridized carbons (Fsp3) is 0.261. The number of benzene rings is 3. The van der Waals surface area contributed by atoms with E-state index in [4.69, 9.17) is 0 Å². The summed E-state index contributed by atoms with van der Waals surface area (Å²) in [6, 6.07) is 24.5. The van der Waals surface area contributed by atoms with Gasteiger partial charge in [-0.25, -0.2) is 0 Å². The molecule has 26 heavy (non-hydrogen) atoms. The summed E-state index contributed by atoms with van der Waals surface area (Å²) in [5.74, 6) is 0.0264. The minimum absolute atomic E-state index is 0.0264. The molecule has 0 fully saturated rings. The number of hydrogen-bond donors (Lipinski definition) is 2. The van der Waals surface area contributed by atoms with Gasteiger partial charge in [0, 0.05) is 17.1 Å². The number of hydrogen-bond acceptors (Lipinski definition) is 2. The number of aryl methyl sites for hydroxylation is 1. The normalized spacial score (nSPS) is 13.2. The molecule has 2 atom stereocenters. The highest BCUT2D eigenvalue weighted by atomic mass is 16.2. The molecule has 0 heterocycles. The van der Waals surface area contributed by atoms with Gasteiger partial charge in [0.25, 0.3) is 0 Å². The molecule has 0 radical (unpaired) electrons. The lowest BCUT2D eigenvalue weighted by molar-refractivity contribution is -0.122. The van der Waals surface area contributed by atoms with Gasteiger partial charge in [-0.05, 0) is 43.7 Å². The quantitative estimate of drug-likeness (QED) is 0.646. The topological polar surface area (TPSA) is 41.1 Å². The van der Waals surface area contributed by atoms with Crippen molar-refractivity contribution in [1.29, 1.82) is 0 Å². The standard InChI is InChI=1S/C23H26N2O/c1-17(15-16-19-9-4-3-5-10-19)24-23(26)18(2)25-22-14-8-12-20-11-6-7-13-21(20)22/h3-14,17-18,25H,15-16H2,1-2H3,(H,24,26)/t17-,18-/m0/s1. The minimum Gasteiger partial charge on any atom is -0.373 e. The van der Waals surface area contributed by atoms with Gasteiger partial charge in [0.1, 0.15) is 6.04 Å². The van der Waals surface area contributed by atoms with E-state index < -0.39 is 0 Å². The molecule has 0 bridgehead atoms. The molecular formula is C23H26N2O. The van der Waals surface area contributed by atoms with Gasteiger partial charge in [-0.1, -0.05) is 66.7 Å². The first kappa shape index (κ1) is 18.0. The molecule has 0 aromatic heterocycles. The van der Waals surface area contributed by atoms with Crippen LogP contribution in [0.2, 0.25) is 0 Å². The summed E-state index contributed by atoms with van der Waals surface area (Å²) >= 11 is 0. The van der Waals surface area contributed by atoms with E-state index in [1.54, 1.807) is 0 Å². The molecule has 0 saturated heterocycles. The number of carbonyl (C=O) groups is 1. The predicted molar refractivity (Wildman–Crippen MR) is 109 cm³/mol. The Kier molecular flexibility index (Phi) is 5.90. The second-order valence-corrected chi connectivity index (χ2v) is 6.83. The first-order valence-electron chi connectivity index (χ1n) is 9.22. The molecule has 1 amide bonds. The third-order valence-corrected chi connectivity index (χ3v) is 4.65. The number of nitrogens with one attached hydrogen (secondary N) is 2. The zero-order valence-corrected chi connectivity index (χ0v) is 15.4. The Morgan fingerprint density at radius 2 is 1.58 bits per heavy atom. The average Bonchev–Trinajstić information content (AvgIpc) is 2.67. The third-order valence-electron chi connectivity index (χ3n) is 4.65. The molecule has 0 aliphatic rings. The number of amides is 1. The Bertz CT molecular complexity index is 855. The van der Waals surface area contributed by atoms with Crippen molar-refractivity contribution in [2.75, 3.05) is 5.32 Å². The highest BCUT2D eigenvalue weighted by Crippen LogP contribution is 2.23. The van der Waals surface area contributed by atoms with E-state index in [1.807, 2.05) is 37.3 Å². The molecule has 0 unspecified atom stereocenters. The monoisotopic (exact) mass is 346 g/mol. The van der Waals surface area contributed by atoms with Gasteiger partial charge in [-0.15, -0.1) is 0 Å². The third kappa shape index (κ3) is 4.63. The summed E-state index contributed by atoms with van der Waals surface area (Å²) in [6.45, 7) is 3.96. The molecular weight excluding hydrogens is 320 g/mol. The van der Waals surface area contributed by atoms with Crippen LogP contribution >= 0.6 is 0 Å². The molecule has 134 valence electrons. The molecule has 3 aromatic rings. The Hall–Kier alpha value is -2.81. The average molecular weight is 346 g/mol. The Morgan fingerprint density at radius 1 is 0.885 bits per heavy atom. The lowest BCUT2D eigenvalue weighted by Crippen LogP contribution is -2.42. The molecule has 0 saturated carbocycles. The molecule has 2 N–H and O–H groups in total. The summed E-state index contributed by atoms with van der Waals surface area (Å²) in [6.07, 6.45) is 1.89. The van der Waals surface area contributed by atoms with Crippen molar-refractivity contribution in [3.8, 4) is 0 Å². The maximum absolute atomic E-state index is 12.5. The van der Waals surface area contributed by atoms with Crippen LogP contribution in [0.1, 0.15) is 25.8 Å². The summed E-state index contributed by atoms with van der Waals surface area (Å²) in [7, 11) is 0. The molecule has 0 aliphatic carbocycles. The summed E-state index contributed by atoms with van der Waals surface area (Å²) in [5.41, 5.74) is 2.29. The minimum atomic E-state index is -0.292. The molecule has 3 rings (SSSR count). The number of fused-ring (bicyclic) bond motifs is 1. The SMILES string of the molecule is C[C@H](Nc1cccc2ccccc12)C(=O)N[C@@H](C)CCc1ccccc1. The van der Waals surface area contributed by atoms with E-state index in [-0.39, 0.29) is 18.0 Å². The van der Waals surface area contributed by atoms with Gasteiger partial charge in [-0.3, -0.25) is 4.79 Å². The van der Waals surface area contributed by atoms with E-state index in [0.29, 0.717) is 0 Å². The summed E-state index contributed by atoms with van der Waals surface area (Å²) < 4.78 is 0. The number of anilines is 1. The van der Waals surface area contributed by atoms with E-state index in [1.165, 1.54) is 10.9 Å². The Morgan fingerprint density at radius 3 is 2.38 bits per heavy atom. The van der Waals surface area contributed by atoms with Crippen LogP contribution in [-0.4, -0.2) is 18.0 Å². The summed E-state index contributed by atoms with van der Waals surface area (Å²) in [5, 5.41) is 8.77. The van der Waals surface area contributed by atoms with E-state index in [0.717, 1.165) is 23.9 Å². The van der Waals surface area contributed by atoms with E-state index in [9.17, 15) is 4.79 Å². The first-order chi connectivity index (χ1) is 12.6. The smallest absolute Gasteiger partial charge is 0.242 e. The molecule has 0 spiro atoms. The second-order valence-electron chi connectivity index (χ2n) is 6.83. The fourth-order valence-corrected chi connectivity index (χ4v) is 3.12. The highest BCUT2D eigenvalue weighted by molar-refractivity contribution is 5.95. The van der Waals surface area contributed by atoms with Crippen molar-refractivity contribution < 1.29 is 4.79 Å². The summed E-state index contributed by atoms with van der Waals surface area (Å²) in [4.78, 5) is 12.5. The number of rotatable bonds is 7. The van der Waals surface area contributed by atoms with Crippen LogP contribution in [0.25, 0.3) is 10.8 Å². The van der Waals surface area contributed by atoms with Crippen molar-refractivity contribution in [3.05, 3.63) is 78.4 Å². The van der Waals surface area contributed by atoms with Crippen molar-refractivity contribution in [1.82, 2.24) is 5.32 Å². The van der Waals surface area contributed by atoms with Gasteiger partial charge in [0.05, 0.1) is 0 Å². The molecule has 0 aliphatic heterocycles. The van der Waals surface area contributed by atoms with Crippen molar-refractivity contribution in [2.45, 2.75) is 38.8 Å². The second kappa shape index (κ2) is 8.52. The van der Waals surface area contributed by atoms with Crippen LogP contribution in [0.5, 0.6) is 0 Å². The van der Waals surface area contributed by atoms with Gasteiger partial charge in [-0.2, -0.15) is 0 Å². The van der Waals surface area contributed by atoms with Crippen LogP contribution < -0.4 is 10.6 Å². The van der Waals surface area contributed by atoms with Crippen LogP contribution in [0.4, 0.5) is 5.69 Å². The van der Waals surface area contributed by atoms with Gasteiger partial charge in [0.15, 0.2) is 0 Å². The van der Waals surface area contributed by atoms with Crippen molar-refractivity contribution in [2.24, 2.45) is 0 Å². The van der Waals surface area contributed by atoms with Crippen LogP contribution in [0.15, 0.2) is 72.8 Å². The van der Waals surface area contributed by atoms with Crippen molar-refractivity contribution >= 4 is 22.4 Å². The van der Waals surface area contributed by atoms with Gasteiger partial charge >= 0.3 is 0 Å². The molecule has 3 heteroatoms. The lowest BCUT2D eigenvalue weighted by atomic mass is 10.1. The van der Waals surface area contributed by atoms with Gasteiger partial charge in [0.2, 0.25) is 5.91 Å². The van der Waals surface area contributed by atoms with Crippen LogP contribution in [0.3, 0.4) is 0 Å². The van der Waals surface area contributed by atoms with Gasteiger partial charge < -0.3 is 10.6 Å². The first-order valence-corrected chi connectivity index (χ1v) is 9.22. The maximum atomic E-state index is 12.5.